The lowest BCUT2D eigenvalue weighted by atomic mass is 10.1. The molecule has 3 heterocycles. The Kier molecular flexibility index (Phi) is 4.72. The highest BCUT2D eigenvalue weighted by atomic mass is 19.4. The monoisotopic (exact) mass is 419 g/mol. The molecule has 0 saturated heterocycles. The summed E-state index contributed by atoms with van der Waals surface area (Å²) in [4.78, 5) is 20.9. The number of aromatic nitrogens is 4. The van der Waals surface area contributed by atoms with Crippen LogP contribution in [0.15, 0.2) is 58.0 Å². The largest absolute Gasteiger partial charge is 0.437 e. The lowest BCUT2D eigenvalue weighted by Gasteiger charge is -2.17. The molecule has 1 atom stereocenters. The predicted molar refractivity (Wildman–Crippen MR) is 99.0 cm³/mol. The summed E-state index contributed by atoms with van der Waals surface area (Å²) < 4.78 is 60.3. The third-order valence-electron chi connectivity index (χ3n) is 4.39. The Bertz CT molecular complexity index is 1270. The lowest BCUT2D eigenvalue weighted by molar-refractivity contribution is -0.141. The van der Waals surface area contributed by atoms with Crippen molar-refractivity contribution in [3.05, 3.63) is 70.3 Å². The van der Waals surface area contributed by atoms with Crippen LogP contribution in [0.25, 0.3) is 22.6 Å². The van der Waals surface area contributed by atoms with Gasteiger partial charge in [0.05, 0.1) is 5.69 Å². The molecule has 0 aliphatic rings. The van der Waals surface area contributed by atoms with Gasteiger partial charge in [-0.15, -0.1) is 0 Å². The van der Waals surface area contributed by atoms with Gasteiger partial charge in [-0.05, 0) is 17.7 Å². The van der Waals surface area contributed by atoms with Crippen LogP contribution in [0, 0.1) is 0 Å². The molecule has 0 aliphatic heterocycles. The van der Waals surface area contributed by atoms with E-state index in [1.165, 1.54) is 18.3 Å². The molecule has 30 heavy (non-hydrogen) atoms. The molecule has 7 nitrogen and oxygen atoms in total. The molecule has 0 radical (unpaired) electrons. The number of rotatable bonds is 4. The first-order valence-corrected chi connectivity index (χ1v) is 8.65. The first-order chi connectivity index (χ1) is 14.3. The van der Waals surface area contributed by atoms with Gasteiger partial charge in [0.25, 0.3) is 11.3 Å². The Labute approximate surface area is 165 Å². The number of hydrogen-bond acceptors (Lipinski definition) is 6. The van der Waals surface area contributed by atoms with E-state index >= 15 is 4.39 Å². The van der Waals surface area contributed by atoms with Crippen LogP contribution in [0.1, 0.15) is 17.6 Å². The molecule has 0 amide bonds. The summed E-state index contributed by atoms with van der Waals surface area (Å²) in [7, 11) is 0. The van der Waals surface area contributed by atoms with Crippen molar-refractivity contribution in [1.29, 1.82) is 0 Å². The fourth-order valence-electron chi connectivity index (χ4n) is 3.04. The summed E-state index contributed by atoms with van der Waals surface area (Å²) in [6.07, 6.45) is -6.00. The number of halogens is 4. The van der Waals surface area contributed by atoms with E-state index in [4.69, 9.17) is 5.73 Å². The van der Waals surface area contributed by atoms with Crippen molar-refractivity contribution in [3.63, 3.8) is 0 Å². The third-order valence-corrected chi connectivity index (χ3v) is 4.39. The maximum Gasteiger partial charge on any atom is 0.437 e. The van der Waals surface area contributed by atoms with Gasteiger partial charge in [0.1, 0.15) is 11.1 Å². The molecule has 0 aliphatic carbocycles. The smallest absolute Gasteiger partial charge is 0.397 e. The van der Waals surface area contributed by atoms with Gasteiger partial charge in [-0.25, -0.2) is 4.39 Å². The van der Waals surface area contributed by atoms with Gasteiger partial charge in [0.2, 0.25) is 5.69 Å². The highest BCUT2D eigenvalue weighted by molar-refractivity contribution is 5.79. The summed E-state index contributed by atoms with van der Waals surface area (Å²) in [5, 5.41) is 1.96. The molecule has 154 valence electrons. The van der Waals surface area contributed by atoms with E-state index in [9.17, 15) is 18.0 Å². The zero-order chi connectivity index (χ0) is 21.5. The van der Waals surface area contributed by atoms with E-state index in [2.05, 4.69) is 19.6 Å². The minimum atomic E-state index is -4.99. The van der Waals surface area contributed by atoms with E-state index in [0.717, 1.165) is 0 Å². The van der Waals surface area contributed by atoms with Crippen LogP contribution in [0.4, 0.5) is 23.2 Å². The van der Waals surface area contributed by atoms with E-state index in [1.54, 1.807) is 30.3 Å². The van der Waals surface area contributed by atoms with Gasteiger partial charge in [0, 0.05) is 12.6 Å². The van der Waals surface area contributed by atoms with Crippen LogP contribution in [-0.2, 0) is 12.6 Å². The van der Waals surface area contributed by atoms with Crippen LogP contribution in [0.3, 0.4) is 0 Å². The van der Waals surface area contributed by atoms with E-state index < -0.39 is 34.8 Å². The number of nitrogen functional groups attached to an aromatic ring is 1. The average molecular weight is 419 g/mol. The molecule has 0 spiro atoms. The first kappa shape index (κ1) is 19.6. The van der Waals surface area contributed by atoms with Crippen molar-refractivity contribution < 1.29 is 22.1 Å². The molecule has 11 heteroatoms. The molecular weight excluding hydrogens is 406 g/mol. The summed E-state index contributed by atoms with van der Waals surface area (Å²) >= 11 is 0. The van der Waals surface area contributed by atoms with Crippen molar-refractivity contribution in [2.75, 3.05) is 5.73 Å². The summed E-state index contributed by atoms with van der Waals surface area (Å²) in [5.74, 6) is -0.362. The fourth-order valence-corrected chi connectivity index (χ4v) is 3.04. The second-order valence-corrected chi connectivity index (χ2v) is 6.39. The van der Waals surface area contributed by atoms with E-state index in [1.807, 2.05) is 0 Å². The molecule has 4 rings (SSSR count). The maximum absolute atomic E-state index is 15.3. The van der Waals surface area contributed by atoms with Crippen molar-refractivity contribution >= 4 is 16.8 Å². The number of nitrogens with two attached hydrogens (primary N) is 1. The minimum Gasteiger partial charge on any atom is -0.397 e. The van der Waals surface area contributed by atoms with Gasteiger partial charge < -0.3 is 10.3 Å². The number of fused-ring (bicyclic) bond motifs is 1. The quantitative estimate of drug-likeness (QED) is 0.506. The van der Waals surface area contributed by atoms with Gasteiger partial charge in [-0.3, -0.25) is 14.3 Å². The molecule has 0 bridgehead atoms. The molecule has 0 fully saturated rings. The highest BCUT2D eigenvalue weighted by Crippen LogP contribution is 2.34. The van der Waals surface area contributed by atoms with Gasteiger partial charge in [-0.1, -0.05) is 35.5 Å². The summed E-state index contributed by atoms with van der Waals surface area (Å²) in [6.45, 7) is 0. The normalized spacial score (nSPS) is 12.9. The fraction of sp³-hybridized carbons (Fsp3) is 0.158. The zero-order valence-electron chi connectivity index (χ0n) is 15.1. The van der Waals surface area contributed by atoms with Gasteiger partial charge in [0.15, 0.2) is 12.1 Å². The second kappa shape index (κ2) is 7.25. The Morgan fingerprint density at radius 2 is 1.87 bits per heavy atom. The van der Waals surface area contributed by atoms with Gasteiger partial charge >= 0.3 is 6.18 Å². The number of alkyl halides is 4. The van der Waals surface area contributed by atoms with Crippen molar-refractivity contribution in [3.8, 4) is 11.5 Å². The Morgan fingerprint density at radius 1 is 1.13 bits per heavy atom. The Hall–Kier alpha value is -3.76. The first-order valence-electron chi connectivity index (χ1n) is 8.65. The third kappa shape index (κ3) is 3.38. The van der Waals surface area contributed by atoms with Gasteiger partial charge in [-0.2, -0.15) is 18.2 Å². The Morgan fingerprint density at radius 3 is 2.53 bits per heavy atom. The topological polar surface area (TPSA) is 99.8 Å². The minimum absolute atomic E-state index is 0.0555. The van der Waals surface area contributed by atoms with Crippen LogP contribution in [0.2, 0.25) is 0 Å². The van der Waals surface area contributed by atoms with Crippen molar-refractivity contribution in [1.82, 2.24) is 19.7 Å². The maximum atomic E-state index is 15.3. The van der Waals surface area contributed by atoms with Crippen LogP contribution in [-0.4, -0.2) is 19.7 Å². The second-order valence-electron chi connectivity index (χ2n) is 6.39. The lowest BCUT2D eigenvalue weighted by Crippen LogP contribution is -2.28. The molecule has 0 saturated carbocycles. The number of hydrogen-bond donors (Lipinski definition) is 1. The van der Waals surface area contributed by atoms with E-state index in [0.29, 0.717) is 10.1 Å². The number of benzene rings is 1. The van der Waals surface area contributed by atoms with Crippen molar-refractivity contribution in [2.24, 2.45) is 0 Å². The van der Waals surface area contributed by atoms with Crippen LogP contribution in [0.5, 0.6) is 0 Å². The van der Waals surface area contributed by atoms with Crippen LogP contribution >= 0.6 is 0 Å². The number of nitrogens with zero attached hydrogens (tertiary/aromatic N) is 4. The highest BCUT2D eigenvalue weighted by Gasteiger charge is 2.40. The molecule has 3 aromatic heterocycles. The molecule has 1 aromatic carbocycles. The van der Waals surface area contributed by atoms with Crippen molar-refractivity contribution in [2.45, 2.75) is 18.9 Å². The van der Waals surface area contributed by atoms with E-state index in [-0.39, 0.29) is 23.6 Å². The molecule has 4 aromatic rings. The van der Waals surface area contributed by atoms with Crippen LogP contribution < -0.4 is 11.3 Å². The Balaban J connectivity index is 1.99. The SMILES string of the molecule is Nc1cccnc1-c1nc2onc(C(F)(F)F)c2c(=O)n1C(F)Cc1ccccc1. The predicted octanol–water partition coefficient (Wildman–Crippen LogP) is 3.76. The number of pyridine rings is 1. The average Bonchev–Trinajstić information content (AvgIpc) is 3.14. The number of anilines is 1. The molecular formula is C19H13F4N5O2. The summed E-state index contributed by atoms with van der Waals surface area (Å²) in [5.41, 5.74) is 2.83. The molecule has 2 N–H and O–H groups in total. The summed E-state index contributed by atoms with van der Waals surface area (Å²) in [6, 6.07) is 11.3. The molecule has 1 unspecified atom stereocenters. The standard InChI is InChI=1S/C19H13F4N5O2/c20-12(9-10-5-2-1-3-6-10)28-16(14-11(24)7-4-8-25-14)26-17-13(18(28)29)15(27-30-17)19(21,22)23/h1-8,12H,9,24H2. The zero-order valence-corrected chi connectivity index (χ0v) is 15.1.